The summed E-state index contributed by atoms with van der Waals surface area (Å²) in [5, 5.41) is 12.8. The fourth-order valence-corrected chi connectivity index (χ4v) is 2.45. The maximum absolute atomic E-state index is 9.40. The number of rotatable bonds is 7. The normalized spacial score (nSPS) is 21.1. The van der Waals surface area contributed by atoms with Crippen LogP contribution in [-0.4, -0.2) is 31.0 Å². The number of nitrogens with one attached hydrogen (secondary N) is 1. The number of hydrogen-bond acceptors (Lipinski definition) is 3. The summed E-state index contributed by atoms with van der Waals surface area (Å²) in [6.07, 6.45) is 5.12. The summed E-state index contributed by atoms with van der Waals surface area (Å²) < 4.78 is 5.59. The largest absolute Gasteiger partial charge is 0.394 e. The van der Waals surface area contributed by atoms with Gasteiger partial charge in [0.25, 0.3) is 0 Å². The van der Waals surface area contributed by atoms with Crippen molar-refractivity contribution in [2.45, 2.75) is 37.8 Å². The van der Waals surface area contributed by atoms with Crippen molar-refractivity contribution < 1.29 is 9.84 Å². The molecule has 1 saturated heterocycles. The highest BCUT2D eigenvalue weighted by Gasteiger charge is 2.15. The fraction of sp³-hybridized carbons (Fsp3) is 0.600. The minimum Gasteiger partial charge on any atom is -0.394 e. The Morgan fingerprint density at radius 1 is 1.33 bits per heavy atom. The molecule has 1 heterocycles. The molecular weight excluding hydrogens is 226 g/mol. The third-order valence-corrected chi connectivity index (χ3v) is 3.50. The van der Waals surface area contributed by atoms with E-state index in [-0.39, 0.29) is 12.6 Å². The summed E-state index contributed by atoms with van der Waals surface area (Å²) in [4.78, 5) is 0. The van der Waals surface area contributed by atoms with Gasteiger partial charge in [-0.05, 0) is 37.8 Å². The average Bonchev–Trinajstić information content (AvgIpc) is 2.93. The minimum atomic E-state index is 0.0516. The zero-order valence-corrected chi connectivity index (χ0v) is 10.8. The molecule has 2 atom stereocenters. The molecular formula is C15H23NO2. The maximum atomic E-state index is 9.40. The molecule has 1 aromatic carbocycles. The van der Waals surface area contributed by atoms with Crippen molar-refractivity contribution in [2.75, 3.05) is 19.8 Å². The molecule has 2 unspecified atom stereocenters. The van der Waals surface area contributed by atoms with Gasteiger partial charge in [-0.2, -0.15) is 0 Å². The van der Waals surface area contributed by atoms with E-state index >= 15 is 0 Å². The first kappa shape index (κ1) is 13.5. The van der Waals surface area contributed by atoms with Crippen LogP contribution in [-0.2, 0) is 4.74 Å². The molecule has 18 heavy (non-hydrogen) atoms. The molecule has 1 aromatic rings. The minimum absolute atomic E-state index is 0.0516. The zero-order chi connectivity index (χ0) is 12.6. The zero-order valence-electron chi connectivity index (χ0n) is 10.8. The average molecular weight is 249 g/mol. The lowest BCUT2D eigenvalue weighted by molar-refractivity contribution is 0.102. The highest BCUT2D eigenvalue weighted by atomic mass is 16.5. The molecule has 1 fully saturated rings. The van der Waals surface area contributed by atoms with Gasteiger partial charge in [0, 0.05) is 6.61 Å². The van der Waals surface area contributed by atoms with Crippen LogP contribution in [0.1, 0.15) is 37.3 Å². The van der Waals surface area contributed by atoms with E-state index in [0.29, 0.717) is 6.10 Å². The quantitative estimate of drug-likeness (QED) is 0.728. The summed E-state index contributed by atoms with van der Waals surface area (Å²) in [5.41, 5.74) is 1.15. The summed E-state index contributed by atoms with van der Waals surface area (Å²) in [6.45, 7) is 2.01. The Hall–Kier alpha value is -0.900. The van der Waals surface area contributed by atoms with E-state index in [0.717, 1.165) is 31.6 Å². The molecule has 0 radical (unpaired) electrons. The van der Waals surface area contributed by atoms with Gasteiger partial charge in [-0.15, -0.1) is 0 Å². The van der Waals surface area contributed by atoms with E-state index in [1.54, 1.807) is 0 Å². The Kier molecular flexibility index (Phi) is 5.65. The van der Waals surface area contributed by atoms with Crippen LogP contribution in [0.2, 0.25) is 0 Å². The van der Waals surface area contributed by atoms with Crippen LogP contribution in [0, 0.1) is 0 Å². The Balaban J connectivity index is 1.67. The Morgan fingerprint density at radius 3 is 2.83 bits per heavy atom. The van der Waals surface area contributed by atoms with Crippen molar-refractivity contribution in [2.24, 2.45) is 0 Å². The van der Waals surface area contributed by atoms with Gasteiger partial charge in [-0.25, -0.2) is 0 Å². The lowest BCUT2D eigenvalue weighted by Gasteiger charge is -2.17. The predicted octanol–water partition coefficient (Wildman–Crippen LogP) is 2.27. The predicted molar refractivity (Wildman–Crippen MR) is 72.5 cm³/mol. The number of aliphatic hydroxyl groups is 1. The van der Waals surface area contributed by atoms with E-state index in [1.807, 2.05) is 30.3 Å². The SMILES string of the molecule is OCC(NCCCC1CCCO1)c1ccccc1. The van der Waals surface area contributed by atoms with Crippen LogP contribution >= 0.6 is 0 Å². The first-order chi connectivity index (χ1) is 8.90. The lowest BCUT2D eigenvalue weighted by Crippen LogP contribution is -2.26. The molecule has 3 heteroatoms. The molecule has 2 N–H and O–H groups in total. The molecule has 100 valence electrons. The third kappa shape index (κ3) is 4.09. The Morgan fingerprint density at radius 2 is 2.17 bits per heavy atom. The molecule has 0 amide bonds. The molecule has 0 aliphatic carbocycles. The topological polar surface area (TPSA) is 41.5 Å². The molecule has 2 rings (SSSR count). The van der Waals surface area contributed by atoms with Crippen molar-refractivity contribution in [3.8, 4) is 0 Å². The molecule has 1 aliphatic heterocycles. The van der Waals surface area contributed by atoms with Crippen LogP contribution in [0.25, 0.3) is 0 Å². The van der Waals surface area contributed by atoms with Gasteiger partial charge in [0.05, 0.1) is 18.8 Å². The molecule has 1 aliphatic rings. The molecule has 0 spiro atoms. The third-order valence-electron chi connectivity index (χ3n) is 3.50. The van der Waals surface area contributed by atoms with Crippen molar-refractivity contribution in [3.05, 3.63) is 35.9 Å². The van der Waals surface area contributed by atoms with Crippen molar-refractivity contribution in [1.29, 1.82) is 0 Å². The highest BCUT2D eigenvalue weighted by molar-refractivity contribution is 5.18. The summed E-state index contributed by atoms with van der Waals surface area (Å²) >= 11 is 0. The molecule has 0 saturated carbocycles. The second-order valence-electron chi connectivity index (χ2n) is 4.88. The Bertz CT molecular complexity index is 323. The van der Waals surface area contributed by atoms with Gasteiger partial charge in [-0.1, -0.05) is 30.3 Å². The first-order valence-electron chi connectivity index (χ1n) is 6.91. The maximum Gasteiger partial charge on any atom is 0.0626 e. The van der Waals surface area contributed by atoms with Crippen LogP contribution < -0.4 is 5.32 Å². The second kappa shape index (κ2) is 7.52. The summed E-state index contributed by atoms with van der Waals surface area (Å²) in [7, 11) is 0. The van der Waals surface area contributed by atoms with Gasteiger partial charge in [0.1, 0.15) is 0 Å². The van der Waals surface area contributed by atoms with Crippen LogP contribution in [0.4, 0.5) is 0 Å². The number of hydrogen-bond donors (Lipinski definition) is 2. The molecule has 0 bridgehead atoms. The standard InChI is InChI=1S/C15H23NO2/c17-12-15(13-6-2-1-3-7-13)16-10-4-8-14-9-5-11-18-14/h1-3,6-7,14-17H,4-5,8-12H2. The molecule has 3 nitrogen and oxygen atoms in total. The molecule has 0 aromatic heterocycles. The van der Waals surface area contributed by atoms with Gasteiger partial charge in [0.15, 0.2) is 0 Å². The van der Waals surface area contributed by atoms with E-state index < -0.39 is 0 Å². The van der Waals surface area contributed by atoms with Crippen molar-refractivity contribution >= 4 is 0 Å². The smallest absolute Gasteiger partial charge is 0.0626 e. The summed E-state index contributed by atoms with van der Waals surface area (Å²) in [6, 6.07) is 10.2. The van der Waals surface area contributed by atoms with Gasteiger partial charge >= 0.3 is 0 Å². The van der Waals surface area contributed by atoms with E-state index in [1.165, 1.54) is 12.8 Å². The van der Waals surface area contributed by atoms with E-state index in [9.17, 15) is 5.11 Å². The summed E-state index contributed by atoms with van der Waals surface area (Å²) in [5.74, 6) is 0. The lowest BCUT2D eigenvalue weighted by atomic mass is 10.1. The van der Waals surface area contributed by atoms with Gasteiger partial charge in [-0.3, -0.25) is 0 Å². The second-order valence-corrected chi connectivity index (χ2v) is 4.88. The van der Waals surface area contributed by atoms with Crippen LogP contribution in [0.3, 0.4) is 0 Å². The van der Waals surface area contributed by atoms with Crippen LogP contribution in [0.15, 0.2) is 30.3 Å². The van der Waals surface area contributed by atoms with E-state index in [4.69, 9.17) is 4.74 Å². The van der Waals surface area contributed by atoms with E-state index in [2.05, 4.69) is 5.32 Å². The van der Waals surface area contributed by atoms with Crippen LogP contribution in [0.5, 0.6) is 0 Å². The highest BCUT2D eigenvalue weighted by Crippen LogP contribution is 2.17. The van der Waals surface area contributed by atoms with Gasteiger partial charge < -0.3 is 15.2 Å². The fourth-order valence-electron chi connectivity index (χ4n) is 2.45. The first-order valence-corrected chi connectivity index (χ1v) is 6.91. The van der Waals surface area contributed by atoms with Crippen molar-refractivity contribution in [1.82, 2.24) is 5.32 Å². The number of aliphatic hydroxyl groups excluding tert-OH is 1. The number of ether oxygens (including phenoxy) is 1. The number of benzene rings is 1. The van der Waals surface area contributed by atoms with Crippen molar-refractivity contribution in [3.63, 3.8) is 0 Å². The monoisotopic (exact) mass is 249 g/mol. The Labute approximate surface area is 109 Å². The van der Waals surface area contributed by atoms with Gasteiger partial charge in [0.2, 0.25) is 0 Å².